The number of hydrogen-bond acceptors (Lipinski definition) is 2. The second kappa shape index (κ2) is 3.00. The van der Waals surface area contributed by atoms with Crippen LogP contribution in [0.1, 0.15) is 26.7 Å². The van der Waals surface area contributed by atoms with Crippen LogP contribution in [0, 0.1) is 11.3 Å². The van der Waals surface area contributed by atoms with Crippen molar-refractivity contribution >= 4 is 0 Å². The first-order chi connectivity index (χ1) is 5.73. The van der Waals surface area contributed by atoms with Gasteiger partial charge in [0.05, 0.1) is 13.2 Å². The van der Waals surface area contributed by atoms with Gasteiger partial charge in [-0.05, 0) is 12.3 Å². The molecule has 0 bridgehead atoms. The second-order valence-electron chi connectivity index (χ2n) is 4.69. The van der Waals surface area contributed by atoms with Crippen LogP contribution in [0.3, 0.4) is 0 Å². The molecule has 0 amide bonds. The first-order valence-corrected chi connectivity index (χ1v) is 5.05. The molecule has 1 saturated carbocycles. The van der Waals surface area contributed by atoms with Crippen LogP contribution in [0.4, 0.5) is 0 Å². The SMILES string of the molecule is CCC1CC1NCC1(C)COC1. The van der Waals surface area contributed by atoms with Crippen LogP contribution >= 0.6 is 0 Å². The van der Waals surface area contributed by atoms with E-state index in [-0.39, 0.29) is 0 Å². The molecule has 2 rings (SSSR count). The summed E-state index contributed by atoms with van der Waals surface area (Å²) in [6.45, 7) is 7.62. The van der Waals surface area contributed by atoms with Gasteiger partial charge in [0.25, 0.3) is 0 Å². The summed E-state index contributed by atoms with van der Waals surface area (Å²) in [5.41, 5.74) is 0.445. The van der Waals surface area contributed by atoms with Gasteiger partial charge >= 0.3 is 0 Å². The highest BCUT2D eigenvalue weighted by atomic mass is 16.5. The van der Waals surface area contributed by atoms with Crippen LogP contribution in [0.15, 0.2) is 0 Å². The lowest BCUT2D eigenvalue weighted by Gasteiger charge is -2.38. The van der Waals surface area contributed by atoms with Gasteiger partial charge in [0.1, 0.15) is 0 Å². The molecule has 0 aromatic carbocycles. The van der Waals surface area contributed by atoms with Crippen molar-refractivity contribution in [1.29, 1.82) is 0 Å². The van der Waals surface area contributed by atoms with Crippen molar-refractivity contribution in [1.82, 2.24) is 5.32 Å². The van der Waals surface area contributed by atoms with E-state index in [2.05, 4.69) is 19.2 Å². The summed E-state index contributed by atoms with van der Waals surface area (Å²) in [7, 11) is 0. The van der Waals surface area contributed by atoms with Gasteiger partial charge in [0.2, 0.25) is 0 Å². The van der Waals surface area contributed by atoms with Crippen LogP contribution in [0.5, 0.6) is 0 Å². The molecule has 1 N–H and O–H groups in total. The van der Waals surface area contributed by atoms with Gasteiger partial charge in [0, 0.05) is 18.0 Å². The molecule has 1 aliphatic carbocycles. The molecular weight excluding hydrogens is 150 g/mol. The Morgan fingerprint density at radius 3 is 2.67 bits per heavy atom. The molecule has 2 aliphatic rings. The van der Waals surface area contributed by atoms with Gasteiger partial charge in [0.15, 0.2) is 0 Å². The predicted molar refractivity (Wildman–Crippen MR) is 49.1 cm³/mol. The van der Waals surface area contributed by atoms with E-state index >= 15 is 0 Å². The Morgan fingerprint density at radius 2 is 2.25 bits per heavy atom. The largest absolute Gasteiger partial charge is 0.380 e. The summed E-state index contributed by atoms with van der Waals surface area (Å²) in [6, 6.07) is 0.826. The summed E-state index contributed by atoms with van der Waals surface area (Å²) < 4.78 is 5.20. The predicted octanol–water partition coefficient (Wildman–Crippen LogP) is 1.41. The number of rotatable bonds is 4. The number of hydrogen-bond donors (Lipinski definition) is 1. The van der Waals surface area contributed by atoms with E-state index in [1.54, 1.807) is 0 Å². The topological polar surface area (TPSA) is 21.3 Å². The lowest BCUT2D eigenvalue weighted by molar-refractivity contribution is -0.0992. The Morgan fingerprint density at radius 1 is 1.50 bits per heavy atom. The van der Waals surface area contributed by atoms with Crippen molar-refractivity contribution in [2.24, 2.45) is 11.3 Å². The van der Waals surface area contributed by atoms with E-state index < -0.39 is 0 Å². The third-order valence-electron chi connectivity index (χ3n) is 3.14. The van der Waals surface area contributed by atoms with E-state index in [4.69, 9.17) is 4.74 Å². The van der Waals surface area contributed by atoms with Crippen molar-refractivity contribution in [2.75, 3.05) is 19.8 Å². The Bertz CT molecular complexity index is 165. The molecule has 1 saturated heterocycles. The second-order valence-corrected chi connectivity index (χ2v) is 4.69. The van der Waals surface area contributed by atoms with Gasteiger partial charge in [-0.3, -0.25) is 0 Å². The fourth-order valence-electron chi connectivity index (χ4n) is 1.88. The zero-order chi connectivity index (χ0) is 8.60. The molecule has 2 heteroatoms. The Hall–Kier alpha value is -0.0800. The molecule has 2 fully saturated rings. The molecule has 1 heterocycles. The lowest BCUT2D eigenvalue weighted by atomic mass is 9.89. The van der Waals surface area contributed by atoms with Crippen molar-refractivity contribution in [2.45, 2.75) is 32.7 Å². The summed E-state index contributed by atoms with van der Waals surface area (Å²) in [6.07, 6.45) is 2.73. The zero-order valence-corrected chi connectivity index (χ0v) is 8.10. The van der Waals surface area contributed by atoms with Gasteiger partial charge < -0.3 is 10.1 Å². The number of nitrogens with one attached hydrogen (secondary N) is 1. The highest BCUT2D eigenvalue weighted by molar-refractivity contribution is 4.94. The third kappa shape index (κ3) is 1.64. The Balaban J connectivity index is 1.63. The summed E-state index contributed by atoms with van der Waals surface area (Å²) in [4.78, 5) is 0. The van der Waals surface area contributed by atoms with Crippen LogP contribution in [0.25, 0.3) is 0 Å². The molecule has 0 aromatic rings. The fraction of sp³-hybridized carbons (Fsp3) is 1.00. The quantitative estimate of drug-likeness (QED) is 0.687. The van der Waals surface area contributed by atoms with Crippen LogP contribution in [0.2, 0.25) is 0 Å². The summed E-state index contributed by atoms with van der Waals surface area (Å²) >= 11 is 0. The monoisotopic (exact) mass is 169 g/mol. The summed E-state index contributed by atoms with van der Waals surface area (Å²) in [5, 5.41) is 3.62. The highest BCUT2D eigenvalue weighted by Crippen LogP contribution is 2.34. The molecule has 2 unspecified atom stereocenters. The maximum absolute atomic E-state index is 5.20. The molecule has 0 aromatic heterocycles. The average molecular weight is 169 g/mol. The van der Waals surface area contributed by atoms with Crippen molar-refractivity contribution in [3.63, 3.8) is 0 Å². The molecule has 2 atom stereocenters. The molecule has 1 aliphatic heterocycles. The van der Waals surface area contributed by atoms with Gasteiger partial charge in [-0.25, -0.2) is 0 Å². The normalized spacial score (nSPS) is 37.5. The van der Waals surface area contributed by atoms with Crippen LogP contribution in [-0.2, 0) is 4.74 Å². The van der Waals surface area contributed by atoms with Gasteiger partial charge in [-0.1, -0.05) is 20.3 Å². The Kier molecular flexibility index (Phi) is 2.13. The Labute approximate surface area is 74.7 Å². The van der Waals surface area contributed by atoms with Crippen molar-refractivity contribution in [3.8, 4) is 0 Å². The molecule has 2 nitrogen and oxygen atoms in total. The first kappa shape index (κ1) is 8.52. The zero-order valence-electron chi connectivity index (χ0n) is 8.10. The van der Waals surface area contributed by atoms with Crippen LogP contribution in [-0.4, -0.2) is 25.8 Å². The van der Waals surface area contributed by atoms with E-state index in [0.717, 1.165) is 31.7 Å². The van der Waals surface area contributed by atoms with Crippen LogP contribution < -0.4 is 5.32 Å². The smallest absolute Gasteiger partial charge is 0.0554 e. The molecular formula is C10H19NO. The maximum Gasteiger partial charge on any atom is 0.0554 e. The van der Waals surface area contributed by atoms with E-state index in [0.29, 0.717) is 5.41 Å². The fourth-order valence-corrected chi connectivity index (χ4v) is 1.88. The highest BCUT2D eigenvalue weighted by Gasteiger charge is 2.39. The van der Waals surface area contributed by atoms with Gasteiger partial charge in [-0.2, -0.15) is 0 Å². The first-order valence-electron chi connectivity index (χ1n) is 5.05. The molecule has 0 radical (unpaired) electrons. The molecule has 12 heavy (non-hydrogen) atoms. The number of ether oxygens (including phenoxy) is 1. The van der Waals surface area contributed by atoms with Crippen molar-refractivity contribution in [3.05, 3.63) is 0 Å². The average Bonchev–Trinajstić information content (AvgIpc) is 2.76. The minimum absolute atomic E-state index is 0.445. The minimum atomic E-state index is 0.445. The maximum atomic E-state index is 5.20. The van der Waals surface area contributed by atoms with Crippen molar-refractivity contribution < 1.29 is 4.74 Å². The lowest BCUT2D eigenvalue weighted by Crippen LogP contribution is -2.47. The molecule has 70 valence electrons. The molecule has 0 spiro atoms. The van der Waals surface area contributed by atoms with E-state index in [1.165, 1.54) is 12.8 Å². The van der Waals surface area contributed by atoms with Gasteiger partial charge in [-0.15, -0.1) is 0 Å². The van der Waals surface area contributed by atoms with E-state index in [1.807, 2.05) is 0 Å². The third-order valence-corrected chi connectivity index (χ3v) is 3.14. The minimum Gasteiger partial charge on any atom is -0.380 e. The standard InChI is InChI=1S/C10H19NO/c1-3-8-4-9(8)11-5-10(2)6-12-7-10/h8-9,11H,3-7H2,1-2H3. The summed E-state index contributed by atoms with van der Waals surface area (Å²) in [5.74, 6) is 0.967. The van der Waals surface area contributed by atoms with E-state index in [9.17, 15) is 0 Å².